The lowest BCUT2D eigenvalue weighted by Crippen LogP contribution is -2.15. The number of sulfonamides is 1. The quantitative estimate of drug-likeness (QED) is 0.452. The van der Waals surface area contributed by atoms with Gasteiger partial charge in [0, 0.05) is 17.3 Å². The van der Waals surface area contributed by atoms with Crippen LogP contribution in [0.4, 0.5) is 17.1 Å². The Kier molecular flexibility index (Phi) is 5.84. The van der Waals surface area contributed by atoms with E-state index in [1.54, 1.807) is 25.1 Å². The SMILES string of the molecule is Cc1ccc(S(=O)(=O)Nc2ccc(C(=O)Nc3cccc([N+](=O)[O-])c3C)cc2)cc1. The van der Waals surface area contributed by atoms with Crippen LogP contribution >= 0.6 is 0 Å². The summed E-state index contributed by atoms with van der Waals surface area (Å²) in [4.78, 5) is 23.1. The Hall–Kier alpha value is -3.72. The molecule has 0 aliphatic carbocycles. The Morgan fingerprint density at radius 1 is 0.933 bits per heavy atom. The summed E-state index contributed by atoms with van der Waals surface area (Å²) in [5.74, 6) is -0.466. The standard InChI is InChI=1S/C21H19N3O5S/c1-14-6-12-18(13-7-14)30(28,29)23-17-10-8-16(9-11-17)21(25)22-19-4-3-5-20(15(19)2)24(26)27/h3-13,23H,1-2H3,(H,22,25). The average molecular weight is 425 g/mol. The smallest absolute Gasteiger partial charge is 0.274 e. The molecule has 0 heterocycles. The van der Waals surface area contributed by atoms with Crippen LogP contribution in [0.3, 0.4) is 0 Å². The first-order valence-electron chi connectivity index (χ1n) is 8.92. The monoisotopic (exact) mass is 425 g/mol. The van der Waals surface area contributed by atoms with Crippen molar-refractivity contribution in [3.8, 4) is 0 Å². The van der Waals surface area contributed by atoms with E-state index in [2.05, 4.69) is 10.0 Å². The molecule has 2 N–H and O–H groups in total. The molecule has 1 amide bonds. The van der Waals surface area contributed by atoms with Crippen molar-refractivity contribution in [1.82, 2.24) is 0 Å². The molecule has 0 fully saturated rings. The van der Waals surface area contributed by atoms with Gasteiger partial charge in [-0.2, -0.15) is 0 Å². The van der Waals surface area contributed by atoms with Gasteiger partial charge in [0.25, 0.3) is 21.6 Å². The zero-order valence-electron chi connectivity index (χ0n) is 16.2. The first-order chi connectivity index (χ1) is 14.2. The van der Waals surface area contributed by atoms with Crippen LogP contribution in [0.5, 0.6) is 0 Å². The number of anilines is 2. The molecule has 3 rings (SSSR count). The largest absolute Gasteiger partial charge is 0.321 e. The molecule has 0 spiro atoms. The predicted octanol–water partition coefficient (Wildman–Crippen LogP) is 4.26. The van der Waals surface area contributed by atoms with Crippen molar-refractivity contribution in [3.63, 3.8) is 0 Å². The van der Waals surface area contributed by atoms with Crippen molar-refractivity contribution in [1.29, 1.82) is 0 Å². The zero-order chi connectivity index (χ0) is 21.9. The van der Waals surface area contributed by atoms with Crippen molar-refractivity contribution in [3.05, 3.63) is 93.5 Å². The summed E-state index contributed by atoms with van der Waals surface area (Å²) < 4.78 is 27.4. The first kappa shape index (κ1) is 21.0. The molecule has 0 atom stereocenters. The Morgan fingerprint density at radius 2 is 1.57 bits per heavy atom. The number of rotatable bonds is 6. The van der Waals surface area contributed by atoms with Gasteiger partial charge >= 0.3 is 0 Å². The van der Waals surface area contributed by atoms with E-state index in [0.29, 0.717) is 16.9 Å². The number of benzene rings is 3. The van der Waals surface area contributed by atoms with E-state index < -0.39 is 20.9 Å². The van der Waals surface area contributed by atoms with Gasteiger partial charge in [-0.05, 0) is 56.3 Å². The molecular weight excluding hydrogens is 406 g/mol. The van der Waals surface area contributed by atoms with E-state index in [1.807, 2.05) is 6.92 Å². The predicted molar refractivity (Wildman–Crippen MR) is 114 cm³/mol. The van der Waals surface area contributed by atoms with Gasteiger partial charge in [-0.25, -0.2) is 8.42 Å². The van der Waals surface area contributed by atoms with Crippen LogP contribution in [0, 0.1) is 24.0 Å². The normalized spacial score (nSPS) is 11.0. The number of hydrogen-bond donors (Lipinski definition) is 2. The lowest BCUT2D eigenvalue weighted by atomic mass is 10.1. The minimum absolute atomic E-state index is 0.0892. The number of hydrogen-bond acceptors (Lipinski definition) is 5. The minimum atomic E-state index is -3.74. The fourth-order valence-corrected chi connectivity index (χ4v) is 3.83. The van der Waals surface area contributed by atoms with Crippen molar-refractivity contribution in [2.24, 2.45) is 0 Å². The van der Waals surface area contributed by atoms with Crippen molar-refractivity contribution < 1.29 is 18.1 Å². The summed E-state index contributed by atoms with van der Waals surface area (Å²) in [7, 11) is -3.74. The Labute approximate surface area is 173 Å². The lowest BCUT2D eigenvalue weighted by molar-refractivity contribution is -0.385. The molecule has 154 valence electrons. The Morgan fingerprint density at radius 3 is 2.17 bits per heavy atom. The van der Waals surface area contributed by atoms with Gasteiger partial charge in [-0.3, -0.25) is 19.6 Å². The van der Waals surface area contributed by atoms with Crippen LogP contribution in [0.25, 0.3) is 0 Å². The number of carbonyl (C=O) groups is 1. The number of nitrogens with zero attached hydrogens (tertiary/aromatic N) is 1. The molecule has 0 aliphatic heterocycles. The molecule has 30 heavy (non-hydrogen) atoms. The topological polar surface area (TPSA) is 118 Å². The van der Waals surface area contributed by atoms with Crippen molar-refractivity contribution >= 4 is 33.0 Å². The van der Waals surface area contributed by atoms with E-state index >= 15 is 0 Å². The van der Waals surface area contributed by atoms with Crippen LogP contribution in [-0.4, -0.2) is 19.2 Å². The third-order valence-corrected chi connectivity index (χ3v) is 5.88. The second-order valence-corrected chi connectivity index (χ2v) is 8.34. The first-order valence-corrected chi connectivity index (χ1v) is 10.4. The van der Waals surface area contributed by atoms with E-state index in [9.17, 15) is 23.3 Å². The van der Waals surface area contributed by atoms with Gasteiger partial charge in [0.1, 0.15) is 0 Å². The molecular formula is C21H19N3O5S. The molecule has 9 heteroatoms. The highest BCUT2D eigenvalue weighted by molar-refractivity contribution is 7.92. The van der Waals surface area contributed by atoms with Crippen LogP contribution in [0.1, 0.15) is 21.5 Å². The molecule has 8 nitrogen and oxygen atoms in total. The van der Waals surface area contributed by atoms with E-state index in [-0.39, 0.29) is 16.1 Å². The number of nitro groups is 1. The fraction of sp³-hybridized carbons (Fsp3) is 0.0952. The molecule has 3 aromatic carbocycles. The maximum Gasteiger partial charge on any atom is 0.274 e. The number of amides is 1. The van der Waals surface area contributed by atoms with E-state index in [1.165, 1.54) is 48.5 Å². The second kappa shape index (κ2) is 8.34. The number of nitro benzene ring substituents is 1. The maximum absolute atomic E-state index is 12.5. The van der Waals surface area contributed by atoms with Gasteiger partial charge in [0.2, 0.25) is 0 Å². The molecule has 0 saturated carbocycles. The van der Waals surface area contributed by atoms with Crippen LogP contribution in [0.2, 0.25) is 0 Å². The zero-order valence-corrected chi connectivity index (χ0v) is 17.1. The fourth-order valence-electron chi connectivity index (χ4n) is 2.77. The van der Waals surface area contributed by atoms with Gasteiger partial charge in [-0.15, -0.1) is 0 Å². The molecule has 0 aliphatic rings. The summed E-state index contributed by atoms with van der Waals surface area (Å²) in [5.41, 5.74) is 2.12. The minimum Gasteiger partial charge on any atom is -0.321 e. The van der Waals surface area contributed by atoms with Crippen LogP contribution in [-0.2, 0) is 10.0 Å². The van der Waals surface area contributed by atoms with E-state index in [0.717, 1.165) is 5.56 Å². The number of carbonyl (C=O) groups excluding carboxylic acids is 1. The second-order valence-electron chi connectivity index (χ2n) is 6.66. The van der Waals surface area contributed by atoms with Crippen LogP contribution in [0.15, 0.2) is 71.6 Å². The molecule has 0 saturated heterocycles. The summed E-state index contributed by atoms with van der Waals surface area (Å²) >= 11 is 0. The lowest BCUT2D eigenvalue weighted by Gasteiger charge is -2.10. The third-order valence-electron chi connectivity index (χ3n) is 4.48. The van der Waals surface area contributed by atoms with Crippen LogP contribution < -0.4 is 10.0 Å². The summed E-state index contributed by atoms with van der Waals surface area (Å²) in [6.07, 6.45) is 0. The Bertz CT molecular complexity index is 1200. The molecule has 0 radical (unpaired) electrons. The summed E-state index contributed by atoms with van der Waals surface area (Å²) in [6.45, 7) is 3.42. The highest BCUT2D eigenvalue weighted by Gasteiger charge is 2.17. The van der Waals surface area contributed by atoms with Crippen molar-refractivity contribution in [2.45, 2.75) is 18.7 Å². The summed E-state index contributed by atoms with van der Waals surface area (Å²) in [6, 6.07) is 16.7. The molecule has 0 aromatic heterocycles. The number of aryl methyl sites for hydroxylation is 1. The Balaban J connectivity index is 1.74. The average Bonchev–Trinajstić information content (AvgIpc) is 2.70. The van der Waals surface area contributed by atoms with E-state index in [4.69, 9.17) is 0 Å². The van der Waals surface area contributed by atoms with Gasteiger partial charge < -0.3 is 5.32 Å². The number of nitrogens with one attached hydrogen (secondary N) is 2. The van der Waals surface area contributed by atoms with Gasteiger partial charge in [-0.1, -0.05) is 23.8 Å². The van der Waals surface area contributed by atoms with Gasteiger partial charge in [0.15, 0.2) is 0 Å². The molecule has 0 unspecified atom stereocenters. The molecule has 0 bridgehead atoms. The summed E-state index contributed by atoms with van der Waals surface area (Å²) in [5, 5.41) is 13.7. The third kappa shape index (κ3) is 4.64. The van der Waals surface area contributed by atoms with Gasteiger partial charge in [0.05, 0.1) is 21.1 Å². The highest BCUT2D eigenvalue weighted by Crippen LogP contribution is 2.25. The molecule has 3 aromatic rings. The maximum atomic E-state index is 12.5. The highest BCUT2D eigenvalue weighted by atomic mass is 32.2. The van der Waals surface area contributed by atoms with Crippen molar-refractivity contribution in [2.75, 3.05) is 10.0 Å².